The normalized spacial score (nSPS) is 32.2. The van der Waals surface area contributed by atoms with Gasteiger partial charge in [0.25, 0.3) is 0 Å². The Morgan fingerprint density at radius 2 is 2.12 bits per heavy atom. The zero-order valence-electron chi connectivity index (χ0n) is 9.96. The van der Waals surface area contributed by atoms with Crippen LogP contribution in [0.4, 0.5) is 0 Å². The molecule has 0 aromatic heterocycles. The molecule has 2 rings (SSSR count). The van der Waals surface area contributed by atoms with Crippen molar-refractivity contribution in [2.75, 3.05) is 0 Å². The molecular weight excluding hydrogens is 200 g/mol. The predicted octanol–water partition coefficient (Wildman–Crippen LogP) is 2.38. The van der Waals surface area contributed by atoms with Gasteiger partial charge in [-0.2, -0.15) is 5.26 Å². The molecule has 0 spiro atoms. The molecule has 1 amide bonds. The van der Waals surface area contributed by atoms with Gasteiger partial charge in [-0.15, -0.1) is 0 Å². The Labute approximate surface area is 97.2 Å². The highest BCUT2D eigenvalue weighted by molar-refractivity contribution is 5.86. The van der Waals surface area contributed by atoms with Crippen LogP contribution in [0.5, 0.6) is 0 Å². The standard InChI is InChI=1S/C13H20N2O/c1-10-4-2-5-11(8-10)15-12(16)13(9-14)6-3-7-13/h10-11H,2-8H2,1H3,(H,15,16). The van der Waals surface area contributed by atoms with E-state index >= 15 is 0 Å². The predicted molar refractivity (Wildman–Crippen MR) is 61.5 cm³/mol. The van der Waals surface area contributed by atoms with Crippen LogP contribution < -0.4 is 5.32 Å². The first kappa shape index (κ1) is 11.4. The van der Waals surface area contributed by atoms with Crippen LogP contribution in [0.3, 0.4) is 0 Å². The summed E-state index contributed by atoms with van der Waals surface area (Å²) in [6.07, 6.45) is 7.14. The maximum atomic E-state index is 12.0. The van der Waals surface area contributed by atoms with E-state index < -0.39 is 5.41 Å². The van der Waals surface area contributed by atoms with Crippen LogP contribution in [0.2, 0.25) is 0 Å². The van der Waals surface area contributed by atoms with Crippen LogP contribution >= 0.6 is 0 Å². The number of nitriles is 1. The molecule has 2 unspecified atom stereocenters. The summed E-state index contributed by atoms with van der Waals surface area (Å²) in [5.41, 5.74) is -0.680. The molecule has 0 bridgehead atoms. The third-order valence-electron chi connectivity index (χ3n) is 4.13. The fourth-order valence-corrected chi connectivity index (χ4v) is 2.81. The largest absolute Gasteiger partial charge is 0.352 e. The van der Waals surface area contributed by atoms with Crippen molar-refractivity contribution in [3.8, 4) is 6.07 Å². The van der Waals surface area contributed by atoms with E-state index in [1.165, 1.54) is 12.8 Å². The lowest BCUT2D eigenvalue weighted by atomic mass is 9.69. The van der Waals surface area contributed by atoms with E-state index in [9.17, 15) is 4.79 Å². The van der Waals surface area contributed by atoms with Gasteiger partial charge in [0.1, 0.15) is 5.41 Å². The lowest BCUT2D eigenvalue weighted by Gasteiger charge is -2.36. The number of nitrogens with one attached hydrogen (secondary N) is 1. The van der Waals surface area contributed by atoms with Crippen molar-refractivity contribution in [3.63, 3.8) is 0 Å². The van der Waals surface area contributed by atoms with Gasteiger partial charge in [0.15, 0.2) is 0 Å². The average Bonchev–Trinajstić information content (AvgIpc) is 2.16. The molecule has 2 saturated carbocycles. The van der Waals surface area contributed by atoms with Crippen LogP contribution in [0, 0.1) is 22.7 Å². The van der Waals surface area contributed by atoms with E-state index in [-0.39, 0.29) is 5.91 Å². The fraction of sp³-hybridized carbons (Fsp3) is 0.846. The van der Waals surface area contributed by atoms with Gasteiger partial charge in [0.05, 0.1) is 6.07 Å². The minimum atomic E-state index is -0.680. The van der Waals surface area contributed by atoms with Gasteiger partial charge in [-0.3, -0.25) is 4.79 Å². The Morgan fingerprint density at radius 1 is 1.38 bits per heavy atom. The number of nitrogens with zero attached hydrogens (tertiary/aromatic N) is 1. The van der Waals surface area contributed by atoms with E-state index in [2.05, 4.69) is 18.3 Å². The number of hydrogen-bond donors (Lipinski definition) is 1. The summed E-state index contributed by atoms with van der Waals surface area (Å²) in [5.74, 6) is 0.693. The molecule has 3 heteroatoms. The number of carbonyl (C=O) groups excluding carboxylic acids is 1. The van der Waals surface area contributed by atoms with Crippen LogP contribution in [0.1, 0.15) is 51.9 Å². The molecule has 3 nitrogen and oxygen atoms in total. The molecule has 0 heterocycles. The molecule has 16 heavy (non-hydrogen) atoms. The third-order valence-corrected chi connectivity index (χ3v) is 4.13. The topological polar surface area (TPSA) is 52.9 Å². The first-order chi connectivity index (χ1) is 7.66. The quantitative estimate of drug-likeness (QED) is 0.776. The smallest absolute Gasteiger partial charge is 0.240 e. The van der Waals surface area contributed by atoms with Crippen molar-refractivity contribution in [3.05, 3.63) is 0 Å². The van der Waals surface area contributed by atoms with Crippen molar-refractivity contribution < 1.29 is 4.79 Å². The second kappa shape index (κ2) is 4.45. The summed E-state index contributed by atoms with van der Waals surface area (Å²) in [6, 6.07) is 2.51. The molecule has 2 atom stereocenters. The lowest BCUT2D eigenvalue weighted by Crippen LogP contribution is -2.49. The summed E-state index contributed by atoms with van der Waals surface area (Å²) in [4.78, 5) is 12.0. The number of amides is 1. The lowest BCUT2D eigenvalue weighted by molar-refractivity contribution is -0.132. The molecule has 1 N–H and O–H groups in total. The highest BCUT2D eigenvalue weighted by atomic mass is 16.2. The highest BCUT2D eigenvalue weighted by Gasteiger charge is 2.45. The minimum Gasteiger partial charge on any atom is -0.352 e. The molecular formula is C13H20N2O. The van der Waals surface area contributed by atoms with Crippen LogP contribution in [-0.2, 0) is 4.79 Å². The molecule has 0 aromatic rings. The molecule has 0 radical (unpaired) electrons. The highest BCUT2D eigenvalue weighted by Crippen LogP contribution is 2.40. The van der Waals surface area contributed by atoms with Gasteiger partial charge < -0.3 is 5.32 Å². The third kappa shape index (κ3) is 2.07. The SMILES string of the molecule is CC1CCCC(NC(=O)C2(C#N)CCC2)C1. The molecule has 0 aromatic carbocycles. The van der Waals surface area contributed by atoms with Crippen molar-refractivity contribution in [2.45, 2.75) is 57.9 Å². The summed E-state index contributed by atoms with van der Waals surface area (Å²) >= 11 is 0. The summed E-state index contributed by atoms with van der Waals surface area (Å²) in [5, 5.41) is 12.2. The van der Waals surface area contributed by atoms with Gasteiger partial charge in [0.2, 0.25) is 5.91 Å². The number of carbonyl (C=O) groups is 1. The summed E-state index contributed by atoms with van der Waals surface area (Å²) < 4.78 is 0. The minimum absolute atomic E-state index is 0.0136. The Bertz CT molecular complexity index is 314. The van der Waals surface area contributed by atoms with Crippen LogP contribution in [0.15, 0.2) is 0 Å². The molecule has 2 fully saturated rings. The van der Waals surface area contributed by atoms with Gasteiger partial charge in [-0.25, -0.2) is 0 Å². The second-order valence-corrected chi connectivity index (χ2v) is 5.49. The second-order valence-electron chi connectivity index (χ2n) is 5.49. The maximum absolute atomic E-state index is 12.0. The van der Waals surface area contributed by atoms with E-state index in [4.69, 9.17) is 5.26 Å². The van der Waals surface area contributed by atoms with Gasteiger partial charge in [-0.1, -0.05) is 19.8 Å². The van der Waals surface area contributed by atoms with Crippen LogP contribution in [-0.4, -0.2) is 11.9 Å². The summed E-state index contributed by atoms with van der Waals surface area (Å²) in [6.45, 7) is 2.24. The van der Waals surface area contributed by atoms with Gasteiger partial charge in [-0.05, 0) is 38.0 Å². The Morgan fingerprint density at radius 3 is 2.62 bits per heavy atom. The van der Waals surface area contributed by atoms with E-state index in [1.807, 2.05) is 0 Å². The van der Waals surface area contributed by atoms with Crippen molar-refractivity contribution in [2.24, 2.45) is 11.3 Å². The fourth-order valence-electron chi connectivity index (χ4n) is 2.81. The first-order valence-electron chi connectivity index (χ1n) is 6.38. The molecule has 0 saturated heterocycles. The van der Waals surface area contributed by atoms with Crippen molar-refractivity contribution in [1.29, 1.82) is 5.26 Å². The molecule has 2 aliphatic carbocycles. The van der Waals surface area contributed by atoms with Crippen LogP contribution in [0.25, 0.3) is 0 Å². The Kier molecular flexibility index (Phi) is 3.18. The first-order valence-corrected chi connectivity index (χ1v) is 6.38. The molecule has 0 aliphatic heterocycles. The van der Waals surface area contributed by atoms with Crippen molar-refractivity contribution >= 4 is 5.91 Å². The van der Waals surface area contributed by atoms with Gasteiger partial charge in [0, 0.05) is 6.04 Å². The van der Waals surface area contributed by atoms with Gasteiger partial charge >= 0.3 is 0 Å². The summed E-state index contributed by atoms with van der Waals surface area (Å²) in [7, 11) is 0. The molecule has 2 aliphatic rings. The average molecular weight is 220 g/mol. The van der Waals surface area contributed by atoms with E-state index in [1.54, 1.807) is 0 Å². The number of rotatable bonds is 2. The maximum Gasteiger partial charge on any atom is 0.240 e. The molecule has 88 valence electrons. The zero-order valence-corrected chi connectivity index (χ0v) is 9.96. The van der Waals surface area contributed by atoms with E-state index in [0.717, 1.165) is 32.1 Å². The van der Waals surface area contributed by atoms with Crippen molar-refractivity contribution in [1.82, 2.24) is 5.32 Å². The number of hydrogen-bond acceptors (Lipinski definition) is 2. The zero-order chi connectivity index (χ0) is 11.6. The van der Waals surface area contributed by atoms with E-state index in [0.29, 0.717) is 12.0 Å². The Hall–Kier alpha value is -1.04. The monoisotopic (exact) mass is 220 g/mol. The Balaban J connectivity index is 1.89.